The van der Waals surface area contributed by atoms with Crippen molar-refractivity contribution in [2.75, 3.05) is 0 Å². The molecule has 4 rings (SSSR count). The van der Waals surface area contributed by atoms with Crippen molar-refractivity contribution in [1.82, 2.24) is 19.7 Å². The summed E-state index contributed by atoms with van der Waals surface area (Å²) in [6.07, 6.45) is 1.51. The van der Waals surface area contributed by atoms with E-state index >= 15 is 0 Å². The zero-order chi connectivity index (χ0) is 15.8. The Morgan fingerprint density at radius 2 is 2.22 bits per heavy atom. The van der Waals surface area contributed by atoms with Gasteiger partial charge in [0.2, 0.25) is 11.7 Å². The molecule has 0 bridgehead atoms. The summed E-state index contributed by atoms with van der Waals surface area (Å²) in [6.45, 7) is 2.15. The van der Waals surface area contributed by atoms with Crippen molar-refractivity contribution in [3.63, 3.8) is 0 Å². The predicted octanol–water partition coefficient (Wildman–Crippen LogP) is 2.86. The number of rotatable bonds is 3. The number of benzene rings is 1. The molecule has 0 spiro atoms. The Morgan fingerprint density at radius 3 is 3.04 bits per heavy atom. The van der Waals surface area contributed by atoms with Crippen LogP contribution in [0.3, 0.4) is 0 Å². The lowest BCUT2D eigenvalue weighted by atomic mass is 10.2. The summed E-state index contributed by atoms with van der Waals surface area (Å²) in [5.74, 6) is 0.904. The quantitative estimate of drug-likeness (QED) is 0.579. The molecule has 1 aromatic carbocycles. The second kappa shape index (κ2) is 5.44. The lowest BCUT2D eigenvalue weighted by Crippen LogP contribution is -2.21. The first-order chi connectivity index (χ1) is 11.2. The summed E-state index contributed by atoms with van der Waals surface area (Å²) < 4.78 is 6.72. The van der Waals surface area contributed by atoms with Crippen molar-refractivity contribution in [2.24, 2.45) is 0 Å². The number of nitrogens with zero attached hydrogens (tertiary/aromatic N) is 4. The Hall–Kier alpha value is -2.80. The largest absolute Gasteiger partial charge is 0.337 e. The lowest BCUT2D eigenvalue weighted by Gasteiger charge is -2.04. The van der Waals surface area contributed by atoms with Crippen LogP contribution in [0, 0.1) is 6.92 Å². The van der Waals surface area contributed by atoms with E-state index in [1.54, 1.807) is 11.3 Å². The first-order valence-corrected chi connectivity index (χ1v) is 7.96. The fourth-order valence-electron chi connectivity index (χ4n) is 2.36. The van der Waals surface area contributed by atoms with Gasteiger partial charge in [0.25, 0.3) is 5.56 Å². The van der Waals surface area contributed by atoms with Crippen molar-refractivity contribution in [3.8, 4) is 11.4 Å². The van der Waals surface area contributed by atoms with Crippen LogP contribution < -0.4 is 5.56 Å². The van der Waals surface area contributed by atoms with Gasteiger partial charge in [0, 0.05) is 10.9 Å². The molecular formula is C16H12N4O2S. The minimum Gasteiger partial charge on any atom is -0.337 e. The normalized spacial score (nSPS) is 11.2. The molecular weight excluding hydrogens is 312 g/mol. The third-order valence-electron chi connectivity index (χ3n) is 3.53. The van der Waals surface area contributed by atoms with Gasteiger partial charge in [-0.3, -0.25) is 9.36 Å². The Kier molecular flexibility index (Phi) is 3.27. The predicted molar refractivity (Wildman–Crippen MR) is 87.5 cm³/mol. The summed E-state index contributed by atoms with van der Waals surface area (Å²) >= 11 is 1.57. The summed E-state index contributed by atoms with van der Waals surface area (Å²) in [7, 11) is 0. The van der Waals surface area contributed by atoms with Gasteiger partial charge in [-0.05, 0) is 30.5 Å². The van der Waals surface area contributed by atoms with Crippen LogP contribution in [0.5, 0.6) is 0 Å². The van der Waals surface area contributed by atoms with Crippen LogP contribution in [-0.2, 0) is 6.54 Å². The number of fused-ring (bicyclic) bond motifs is 1. The molecule has 0 amide bonds. The van der Waals surface area contributed by atoms with Crippen LogP contribution in [0.15, 0.2) is 50.7 Å². The Labute approximate surface area is 135 Å². The summed E-state index contributed by atoms with van der Waals surface area (Å²) in [5.41, 5.74) is 2.49. The van der Waals surface area contributed by atoms with Crippen LogP contribution >= 0.6 is 11.3 Å². The molecule has 0 unspecified atom stereocenters. The Balaban J connectivity index is 1.70. The fourth-order valence-corrected chi connectivity index (χ4v) is 2.99. The highest BCUT2D eigenvalue weighted by Gasteiger charge is 2.11. The summed E-state index contributed by atoms with van der Waals surface area (Å²) in [6, 6.07) is 7.54. The molecule has 0 atom stereocenters. The molecule has 0 aliphatic heterocycles. The number of hydrogen-bond donors (Lipinski definition) is 0. The maximum absolute atomic E-state index is 12.6. The van der Waals surface area contributed by atoms with E-state index in [1.807, 2.05) is 41.9 Å². The van der Waals surface area contributed by atoms with E-state index in [0.29, 0.717) is 22.6 Å². The molecule has 23 heavy (non-hydrogen) atoms. The average molecular weight is 324 g/mol. The Morgan fingerprint density at radius 1 is 1.30 bits per heavy atom. The summed E-state index contributed by atoms with van der Waals surface area (Å²) in [4.78, 5) is 21.2. The molecule has 0 radical (unpaired) electrons. The Bertz CT molecular complexity index is 1030. The smallest absolute Gasteiger partial charge is 0.261 e. The van der Waals surface area contributed by atoms with E-state index in [9.17, 15) is 4.79 Å². The fraction of sp³-hybridized carbons (Fsp3) is 0.125. The van der Waals surface area contributed by atoms with Crippen LogP contribution in [0.4, 0.5) is 0 Å². The maximum atomic E-state index is 12.6. The van der Waals surface area contributed by atoms with Gasteiger partial charge in [0.15, 0.2) is 0 Å². The SMILES string of the molecule is Cc1ccc2ncn(Cc3nc(-c4ccsc4)no3)c(=O)c2c1. The number of hydrogen-bond acceptors (Lipinski definition) is 6. The monoisotopic (exact) mass is 324 g/mol. The van der Waals surface area contributed by atoms with Crippen molar-refractivity contribution in [3.05, 3.63) is 63.2 Å². The maximum Gasteiger partial charge on any atom is 0.261 e. The molecule has 0 aliphatic rings. The molecule has 0 saturated carbocycles. The average Bonchev–Trinajstić information content (AvgIpc) is 3.22. The van der Waals surface area contributed by atoms with Crippen LogP contribution in [0.25, 0.3) is 22.3 Å². The molecule has 3 aromatic heterocycles. The molecule has 4 aromatic rings. The van der Waals surface area contributed by atoms with Crippen LogP contribution in [0.1, 0.15) is 11.5 Å². The molecule has 0 N–H and O–H groups in total. The molecule has 0 aliphatic carbocycles. The minimum absolute atomic E-state index is 0.117. The molecule has 7 heteroatoms. The molecule has 114 valence electrons. The first-order valence-electron chi connectivity index (χ1n) is 7.02. The van der Waals surface area contributed by atoms with E-state index in [1.165, 1.54) is 10.9 Å². The van der Waals surface area contributed by atoms with Crippen LogP contribution in [-0.4, -0.2) is 19.7 Å². The standard InChI is InChI=1S/C16H12N4O2S/c1-10-2-3-13-12(6-10)16(21)20(9-17-13)7-14-18-15(19-22-14)11-4-5-23-8-11/h2-6,8-9H,7H2,1H3. The second-order valence-electron chi connectivity index (χ2n) is 5.22. The molecule has 0 saturated heterocycles. The zero-order valence-electron chi connectivity index (χ0n) is 12.3. The minimum atomic E-state index is -0.117. The number of aryl methyl sites for hydroxylation is 1. The number of aromatic nitrogens is 4. The van der Waals surface area contributed by atoms with Gasteiger partial charge < -0.3 is 4.52 Å². The van der Waals surface area contributed by atoms with E-state index < -0.39 is 0 Å². The van der Waals surface area contributed by atoms with Gasteiger partial charge in [-0.25, -0.2) is 4.98 Å². The van der Waals surface area contributed by atoms with E-state index in [2.05, 4.69) is 15.1 Å². The van der Waals surface area contributed by atoms with Crippen molar-refractivity contribution >= 4 is 22.2 Å². The van der Waals surface area contributed by atoms with Gasteiger partial charge >= 0.3 is 0 Å². The van der Waals surface area contributed by atoms with E-state index in [4.69, 9.17) is 4.52 Å². The summed E-state index contributed by atoms with van der Waals surface area (Å²) in [5, 5.41) is 8.43. The van der Waals surface area contributed by atoms with Crippen LogP contribution in [0.2, 0.25) is 0 Å². The highest BCUT2D eigenvalue weighted by Crippen LogP contribution is 2.18. The topological polar surface area (TPSA) is 73.8 Å². The first kappa shape index (κ1) is 13.8. The third kappa shape index (κ3) is 2.55. The van der Waals surface area contributed by atoms with Crippen molar-refractivity contribution in [1.29, 1.82) is 0 Å². The van der Waals surface area contributed by atoms with Gasteiger partial charge in [-0.2, -0.15) is 16.3 Å². The highest BCUT2D eigenvalue weighted by atomic mass is 32.1. The highest BCUT2D eigenvalue weighted by molar-refractivity contribution is 7.08. The number of thiophene rings is 1. The van der Waals surface area contributed by atoms with Crippen molar-refractivity contribution in [2.45, 2.75) is 13.5 Å². The van der Waals surface area contributed by atoms with Gasteiger partial charge in [0.05, 0.1) is 17.2 Å². The van der Waals surface area contributed by atoms with Gasteiger partial charge in [-0.15, -0.1) is 0 Å². The zero-order valence-corrected chi connectivity index (χ0v) is 13.1. The van der Waals surface area contributed by atoms with Gasteiger partial charge in [-0.1, -0.05) is 16.8 Å². The molecule has 6 nitrogen and oxygen atoms in total. The van der Waals surface area contributed by atoms with E-state index in [-0.39, 0.29) is 12.1 Å². The van der Waals surface area contributed by atoms with Crippen molar-refractivity contribution < 1.29 is 4.52 Å². The van der Waals surface area contributed by atoms with E-state index in [0.717, 1.165) is 11.1 Å². The third-order valence-corrected chi connectivity index (χ3v) is 4.22. The second-order valence-corrected chi connectivity index (χ2v) is 6.00. The lowest BCUT2D eigenvalue weighted by molar-refractivity contribution is 0.369. The molecule has 3 heterocycles. The molecule has 0 fully saturated rings. The van der Waals surface area contributed by atoms with Gasteiger partial charge in [0.1, 0.15) is 6.54 Å².